The number of ether oxygens (including phenoxy) is 3. The van der Waals surface area contributed by atoms with Crippen molar-refractivity contribution in [3.05, 3.63) is 51.7 Å². The molecule has 0 spiro atoms. The first kappa shape index (κ1) is 20.2. The summed E-state index contributed by atoms with van der Waals surface area (Å²) in [5.74, 6) is -0.754. The molecule has 8 heteroatoms. The second kappa shape index (κ2) is 9.56. The van der Waals surface area contributed by atoms with Gasteiger partial charge in [-0.3, -0.25) is 4.79 Å². The summed E-state index contributed by atoms with van der Waals surface area (Å²) >= 11 is 6.31. The minimum atomic E-state index is -0.697. The number of aliphatic hydroxyl groups is 1. The Bertz CT molecular complexity index is 754. The van der Waals surface area contributed by atoms with Gasteiger partial charge >= 0.3 is 5.97 Å². The molecule has 0 aliphatic heterocycles. The summed E-state index contributed by atoms with van der Waals surface area (Å²) in [6.45, 7) is 2.85. The number of allylic oxidation sites excluding steroid dienone is 1. The first-order valence-electron chi connectivity index (χ1n) is 8.25. The summed E-state index contributed by atoms with van der Waals surface area (Å²) in [5.41, 5.74) is 0.113. The van der Waals surface area contributed by atoms with Crippen LogP contribution in [-0.2, 0) is 14.2 Å². The van der Waals surface area contributed by atoms with Gasteiger partial charge < -0.3 is 24.3 Å². The number of carbonyl (C=O) groups is 1. The molecule has 2 unspecified atom stereocenters. The number of aliphatic hydroxyl groups excluding tert-OH is 1. The van der Waals surface area contributed by atoms with Crippen LogP contribution in [0.2, 0.25) is 0 Å². The molecule has 1 aliphatic rings. The van der Waals surface area contributed by atoms with Crippen LogP contribution in [0.15, 0.2) is 35.0 Å². The molecule has 142 valence electrons. The van der Waals surface area contributed by atoms with Crippen molar-refractivity contribution in [1.29, 1.82) is 0 Å². The number of methoxy groups -OCH3 is 1. The van der Waals surface area contributed by atoms with E-state index in [1.54, 1.807) is 20.1 Å². The Labute approximate surface area is 156 Å². The molecule has 0 aromatic carbocycles. The smallest absolute Gasteiger partial charge is 0.343 e. The van der Waals surface area contributed by atoms with Gasteiger partial charge in [-0.25, -0.2) is 4.79 Å². The molecule has 1 aliphatic carbocycles. The fourth-order valence-corrected chi connectivity index (χ4v) is 2.73. The molecule has 0 amide bonds. The highest BCUT2D eigenvalue weighted by atomic mass is 35.5. The molecule has 0 saturated heterocycles. The maximum Gasteiger partial charge on any atom is 0.343 e. The van der Waals surface area contributed by atoms with Gasteiger partial charge in [0.25, 0.3) is 0 Å². The van der Waals surface area contributed by atoms with Crippen molar-refractivity contribution in [2.45, 2.75) is 24.8 Å². The molecule has 2 rings (SSSR count). The van der Waals surface area contributed by atoms with Gasteiger partial charge in [0, 0.05) is 38.2 Å². The monoisotopic (exact) mass is 383 g/mol. The quantitative estimate of drug-likeness (QED) is 0.406. The number of hydrogen-bond donors (Lipinski definition) is 2. The summed E-state index contributed by atoms with van der Waals surface area (Å²) < 4.78 is 15.4. The SMILES string of the molecule is CCOC(=O)c1c[nH]c(C2=CC(Cl)C(OCCCOC)C=C2O)cc1=O. The van der Waals surface area contributed by atoms with E-state index < -0.39 is 22.9 Å². The lowest BCUT2D eigenvalue weighted by Crippen LogP contribution is -2.26. The Morgan fingerprint density at radius 1 is 1.35 bits per heavy atom. The number of aromatic nitrogens is 1. The molecule has 0 fully saturated rings. The van der Waals surface area contributed by atoms with Crippen molar-refractivity contribution in [2.24, 2.45) is 0 Å². The highest BCUT2D eigenvalue weighted by molar-refractivity contribution is 6.23. The molecule has 0 bridgehead atoms. The van der Waals surface area contributed by atoms with Gasteiger partial charge in [-0.05, 0) is 19.4 Å². The normalized spacial score (nSPS) is 19.7. The van der Waals surface area contributed by atoms with E-state index >= 15 is 0 Å². The summed E-state index contributed by atoms with van der Waals surface area (Å²) in [6, 6.07) is 1.23. The Kier molecular flexibility index (Phi) is 7.44. The van der Waals surface area contributed by atoms with Crippen LogP contribution in [0.1, 0.15) is 29.4 Å². The number of pyridine rings is 1. The maximum absolute atomic E-state index is 12.1. The van der Waals surface area contributed by atoms with E-state index in [1.807, 2.05) is 0 Å². The zero-order valence-corrected chi connectivity index (χ0v) is 15.4. The standard InChI is InChI=1S/C18H22ClNO6/c1-3-25-18(23)12-10-20-14(8-15(12)21)11-7-13(19)17(9-16(11)22)26-6-4-5-24-2/h7-10,13,17,22H,3-6H2,1-2H3,(H,20,21). The lowest BCUT2D eigenvalue weighted by molar-refractivity contribution is 0.0524. The number of aromatic amines is 1. The Morgan fingerprint density at radius 3 is 2.77 bits per heavy atom. The van der Waals surface area contributed by atoms with Gasteiger partial charge in [-0.15, -0.1) is 11.6 Å². The fraction of sp³-hybridized carbons (Fsp3) is 0.444. The third-order valence-corrected chi connectivity index (χ3v) is 4.11. The minimum Gasteiger partial charge on any atom is -0.507 e. The van der Waals surface area contributed by atoms with Crippen molar-refractivity contribution < 1.29 is 24.1 Å². The number of nitrogens with one attached hydrogen (secondary N) is 1. The van der Waals surface area contributed by atoms with Crippen molar-refractivity contribution in [1.82, 2.24) is 4.98 Å². The van der Waals surface area contributed by atoms with E-state index in [0.29, 0.717) is 30.9 Å². The number of H-pyrrole nitrogens is 1. The third-order valence-electron chi connectivity index (χ3n) is 3.74. The van der Waals surface area contributed by atoms with Crippen LogP contribution in [0.5, 0.6) is 0 Å². The molecule has 1 aromatic heterocycles. The number of alkyl halides is 1. The van der Waals surface area contributed by atoms with Gasteiger partial charge in [-0.2, -0.15) is 0 Å². The Balaban J connectivity index is 2.14. The highest BCUT2D eigenvalue weighted by Gasteiger charge is 2.25. The largest absolute Gasteiger partial charge is 0.507 e. The number of halogens is 1. The van der Waals surface area contributed by atoms with E-state index in [1.165, 1.54) is 18.3 Å². The number of carbonyl (C=O) groups excluding carboxylic acids is 1. The van der Waals surface area contributed by atoms with Crippen molar-refractivity contribution >= 4 is 23.1 Å². The van der Waals surface area contributed by atoms with E-state index in [9.17, 15) is 14.7 Å². The first-order chi connectivity index (χ1) is 12.5. The predicted octanol–water partition coefficient (Wildman–Crippen LogP) is 2.42. The van der Waals surface area contributed by atoms with E-state index in [0.717, 1.165) is 0 Å². The van der Waals surface area contributed by atoms with Crippen LogP contribution in [0, 0.1) is 0 Å². The number of esters is 1. The zero-order valence-electron chi connectivity index (χ0n) is 14.7. The fourth-order valence-electron chi connectivity index (χ4n) is 2.46. The molecule has 2 N–H and O–H groups in total. The number of rotatable bonds is 8. The lowest BCUT2D eigenvalue weighted by Gasteiger charge is -2.23. The molecule has 0 radical (unpaired) electrons. The predicted molar refractivity (Wildman–Crippen MR) is 97.6 cm³/mol. The van der Waals surface area contributed by atoms with Gasteiger partial charge in [0.1, 0.15) is 11.3 Å². The second-order valence-electron chi connectivity index (χ2n) is 5.60. The zero-order chi connectivity index (χ0) is 19.1. The molecular weight excluding hydrogens is 362 g/mol. The van der Waals surface area contributed by atoms with Crippen LogP contribution in [0.4, 0.5) is 0 Å². The molecule has 26 heavy (non-hydrogen) atoms. The molecule has 2 atom stereocenters. The summed E-state index contributed by atoms with van der Waals surface area (Å²) in [6.07, 6.45) is 4.60. The maximum atomic E-state index is 12.1. The van der Waals surface area contributed by atoms with Gasteiger partial charge in [0.05, 0.1) is 23.8 Å². The molecule has 0 saturated carbocycles. The highest BCUT2D eigenvalue weighted by Crippen LogP contribution is 2.29. The summed E-state index contributed by atoms with van der Waals surface area (Å²) in [4.78, 5) is 26.7. The molecule has 1 heterocycles. The van der Waals surface area contributed by atoms with Crippen molar-refractivity contribution in [2.75, 3.05) is 26.9 Å². The van der Waals surface area contributed by atoms with E-state index in [2.05, 4.69) is 4.98 Å². The van der Waals surface area contributed by atoms with E-state index in [-0.39, 0.29) is 17.9 Å². The van der Waals surface area contributed by atoms with Crippen LogP contribution in [0.25, 0.3) is 5.57 Å². The van der Waals surface area contributed by atoms with Gasteiger partial charge in [0.15, 0.2) is 5.43 Å². The van der Waals surface area contributed by atoms with Gasteiger partial charge in [0.2, 0.25) is 0 Å². The third kappa shape index (κ3) is 4.97. The Hall–Kier alpha value is -2.09. The molecular formula is C18H22ClNO6. The van der Waals surface area contributed by atoms with Crippen molar-refractivity contribution in [3.8, 4) is 0 Å². The average molecular weight is 384 g/mol. The summed E-state index contributed by atoms with van der Waals surface area (Å²) in [5, 5.41) is 9.77. The molecule has 1 aromatic rings. The Morgan fingerprint density at radius 2 is 2.12 bits per heavy atom. The minimum absolute atomic E-state index is 0.0572. The van der Waals surface area contributed by atoms with Crippen LogP contribution in [-0.4, -0.2) is 54.5 Å². The van der Waals surface area contributed by atoms with Crippen LogP contribution < -0.4 is 5.43 Å². The lowest BCUT2D eigenvalue weighted by atomic mass is 9.99. The number of hydrogen-bond acceptors (Lipinski definition) is 6. The van der Waals surface area contributed by atoms with Crippen LogP contribution >= 0.6 is 11.6 Å². The first-order valence-corrected chi connectivity index (χ1v) is 8.69. The van der Waals surface area contributed by atoms with Gasteiger partial charge in [-0.1, -0.05) is 6.08 Å². The molecule has 7 nitrogen and oxygen atoms in total. The van der Waals surface area contributed by atoms with Crippen molar-refractivity contribution in [3.63, 3.8) is 0 Å². The topological polar surface area (TPSA) is 97.9 Å². The average Bonchev–Trinajstić information content (AvgIpc) is 2.61. The second-order valence-corrected chi connectivity index (χ2v) is 6.11. The summed E-state index contributed by atoms with van der Waals surface area (Å²) in [7, 11) is 1.61. The van der Waals surface area contributed by atoms with Crippen LogP contribution in [0.3, 0.4) is 0 Å². The van der Waals surface area contributed by atoms with E-state index in [4.69, 9.17) is 25.8 Å².